The van der Waals surface area contributed by atoms with Crippen molar-refractivity contribution in [3.05, 3.63) is 66.1 Å². The Morgan fingerprint density at radius 1 is 0.957 bits per heavy atom. The largest absolute Gasteiger partial charge is 0.399 e. The Kier molecular flexibility index (Phi) is 3.96. The number of carbonyl (C=O) groups is 1. The average molecular weight is 316 g/mol. The Morgan fingerprint density at radius 2 is 1.74 bits per heavy atom. The standard InChI is InChI=1S/C15H10F2N4O2/c16-11-7-6-10(8-12(11)17)19-15-21-20-14(23-15)13(22)18-9-4-2-1-3-5-9/h1-8H,(H,18,22)(H,19,21). The van der Waals surface area contributed by atoms with Gasteiger partial charge in [-0.15, -0.1) is 5.10 Å². The zero-order valence-corrected chi connectivity index (χ0v) is 11.6. The van der Waals surface area contributed by atoms with Gasteiger partial charge in [0, 0.05) is 17.4 Å². The normalized spacial score (nSPS) is 10.3. The Bertz CT molecular complexity index is 837. The van der Waals surface area contributed by atoms with Crippen molar-refractivity contribution in [2.75, 3.05) is 10.6 Å². The third-order valence-corrected chi connectivity index (χ3v) is 2.82. The second-order valence-electron chi connectivity index (χ2n) is 4.49. The molecule has 8 heteroatoms. The number of hydrogen-bond donors (Lipinski definition) is 2. The van der Waals surface area contributed by atoms with Crippen LogP contribution in [0.5, 0.6) is 0 Å². The minimum Gasteiger partial charge on any atom is -0.399 e. The molecule has 0 aliphatic rings. The molecule has 3 rings (SSSR count). The van der Waals surface area contributed by atoms with Crippen molar-refractivity contribution < 1.29 is 18.0 Å². The lowest BCUT2D eigenvalue weighted by Gasteiger charge is -2.02. The predicted molar refractivity (Wildman–Crippen MR) is 78.3 cm³/mol. The van der Waals surface area contributed by atoms with Crippen LogP contribution in [0.1, 0.15) is 10.7 Å². The Labute approximate surface area is 129 Å². The Hall–Kier alpha value is -3.29. The summed E-state index contributed by atoms with van der Waals surface area (Å²) >= 11 is 0. The average Bonchev–Trinajstić information content (AvgIpc) is 3.01. The van der Waals surface area contributed by atoms with Gasteiger partial charge < -0.3 is 15.1 Å². The van der Waals surface area contributed by atoms with Crippen LogP contribution >= 0.6 is 0 Å². The highest BCUT2D eigenvalue weighted by atomic mass is 19.2. The molecule has 6 nitrogen and oxygen atoms in total. The van der Waals surface area contributed by atoms with Gasteiger partial charge in [0.1, 0.15) is 0 Å². The number of anilines is 3. The number of nitrogens with zero attached hydrogens (tertiary/aromatic N) is 2. The third-order valence-electron chi connectivity index (χ3n) is 2.82. The molecule has 1 amide bonds. The van der Waals surface area contributed by atoms with E-state index in [1.807, 2.05) is 6.07 Å². The molecule has 1 heterocycles. The lowest BCUT2D eigenvalue weighted by molar-refractivity contribution is 0.0991. The lowest BCUT2D eigenvalue weighted by Crippen LogP contribution is -2.12. The molecule has 0 saturated heterocycles. The van der Waals surface area contributed by atoms with Gasteiger partial charge in [0.05, 0.1) is 0 Å². The number of nitrogens with one attached hydrogen (secondary N) is 2. The molecule has 116 valence electrons. The zero-order valence-electron chi connectivity index (χ0n) is 11.6. The van der Waals surface area contributed by atoms with E-state index in [4.69, 9.17) is 4.42 Å². The van der Waals surface area contributed by atoms with Crippen molar-refractivity contribution in [3.63, 3.8) is 0 Å². The molecule has 0 radical (unpaired) electrons. The predicted octanol–water partition coefficient (Wildman–Crippen LogP) is 3.34. The quantitative estimate of drug-likeness (QED) is 0.771. The van der Waals surface area contributed by atoms with Crippen LogP contribution in [0.25, 0.3) is 0 Å². The molecule has 23 heavy (non-hydrogen) atoms. The summed E-state index contributed by atoms with van der Waals surface area (Å²) in [5.41, 5.74) is 0.786. The summed E-state index contributed by atoms with van der Waals surface area (Å²) in [6.45, 7) is 0. The molecule has 0 bridgehead atoms. The van der Waals surface area contributed by atoms with Gasteiger partial charge in [-0.05, 0) is 24.3 Å². The summed E-state index contributed by atoms with van der Waals surface area (Å²) in [5.74, 6) is -2.83. The number of aromatic nitrogens is 2. The smallest absolute Gasteiger partial charge is 0.320 e. The lowest BCUT2D eigenvalue weighted by atomic mass is 10.3. The van der Waals surface area contributed by atoms with Crippen LogP contribution in [0.3, 0.4) is 0 Å². The van der Waals surface area contributed by atoms with Crippen molar-refractivity contribution in [2.24, 2.45) is 0 Å². The second-order valence-corrected chi connectivity index (χ2v) is 4.49. The fraction of sp³-hybridized carbons (Fsp3) is 0. The highest BCUT2D eigenvalue weighted by Crippen LogP contribution is 2.18. The molecule has 0 fully saturated rings. The van der Waals surface area contributed by atoms with E-state index in [9.17, 15) is 13.6 Å². The number of halogens is 2. The second kappa shape index (κ2) is 6.22. The maximum atomic E-state index is 13.1. The first-order valence-corrected chi connectivity index (χ1v) is 6.54. The van der Waals surface area contributed by atoms with Crippen LogP contribution in [0.4, 0.5) is 26.2 Å². The van der Waals surface area contributed by atoms with Gasteiger partial charge >= 0.3 is 17.8 Å². The van der Waals surface area contributed by atoms with E-state index in [1.54, 1.807) is 24.3 Å². The van der Waals surface area contributed by atoms with Crippen LogP contribution in [-0.2, 0) is 0 Å². The molecule has 2 aromatic carbocycles. The zero-order chi connectivity index (χ0) is 16.2. The van der Waals surface area contributed by atoms with Gasteiger partial charge in [0.15, 0.2) is 11.6 Å². The highest BCUT2D eigenvalue weighted by Gasteiger charge is 2.15. The van der Waals surface area contributed by atoms with Gasteiger partial charge in [0.25, 0.3) is 0 Å². The first-order valence-electron chi connectivity index (χ1n) is 6.54. The summed E-state index contributed by atoms with van der Waals surface area (Å²) in [5, 5.41) is 12.4. The summed E-state index contributed by atoms with van der Waals surface area (Å²) in [7, 11) is 0. The maximum absolute atomic E-state index is 13.1. The van der Waals surface area contributed by atoms with Crippen molar-refractivity contribution in [1.29, 1.82) is 0 Å². The molecular weight excluding hydrogens is 306 g/mol. The van der Waals surface area contributed by atoms with E-state index in [-0.39, 0.29) is 17.6 Å². The van der Waals surface area contributed by atoms with E-state index in [0.717, 1.165) is 12.1 Å². The minimum atomic E-state index is -1.02. The first-order chi connectivity index (χ1) is 11.1. The van der Waals surface area contributed by atoms with Crippen molar-refractivity contribution in [3.8, 4) is 0 Å². The summed E-state index contributed by atoms with van der Waals surface area (Å²) < 4.78 is 31.1. The molecule has 0 atom stereocenters. The number of hydrogen-bond acceptors (Lipinski definition) is 5. The van der Waals surface area contributed by atoms with Crippen LogP contribution in [-0.4, -0.2) is 16.1 Å². The molecule has 0 saturated carbocycles. The number of amides is 1. The minimum absolute atomic E-state index is 0.116. The van der Waals surface area contributed by atoms with Crippen molar-refractivity contribution in [2.45, 2.75) is 0 Å². The number of para-hydroxylation sites is 1. The highest BCUT2D eigenvalue weighted by molar-refractivity contribution is 6.00. The number of benzene rings is 2. The van der Waals surface area contributed by atoms with Gasteiger partial charge in [-0.2, -0.15) is 0 Å². The molecule has 1 aromatic heterocycles. The SMILES string of the molecule is O=C(Nc1ccccc1)c1nnc(Nc2ccc(F)c(F)c2)o1. The molecule has 3 aromatic rings. The summed E-state index contributed by atoms with van der Waals surface area (Å²) in [6.07, 6.45) is 0. The number of carbonyl (C=O) groups excluding carboxylic acids is 1. The fourth-order valence-electron chi connectivity index (χ4n) is 1.77. The van der Waals surface area contributed by atoms with Gasteiger partial charge in [-0.25, -0.2) is 8.78 Å². The van der Waals surface area contributed by atoms with E-state index in [1.165, 1.54) is 6.07 Å². The van der Waals surface area contributed by atoms with Crippen LogP contribution in [0, 0.1) is 11.6 Å². The summed E-state index contributed by atoms with van der Waals surface area (Å²) in [6, 6.07) is 11.8. The molecule has 2 N–H and O–H groups in total. The van der Waals surface area contributed by atoms with Gasteiger partial charge in [0.2, 0.25) is 0 Å². The molecule has 0 unspecified atom stereocenters. The molecule has 0 aliphatic carbocycles. The molecule has 0 aliphatic heterocycles. The first kappa shape index (κ1) is 14.6. The molecule has 0 spiro atoms. The van der Waals surface area contributed by atoms with Crippen molar-refractivity contribution in [1.82, 2.24) is 10.2 Å². The number of rotatable bonds is 4. The van der Waals surface area contributed by atoms with Crippen LogP contribution in [0.2, 0.25) is 0 Å². The van der Waals surface area contributed by atoms with E-state index >= 15 is 0 Å². The Balaban J connectivity index is 1.70. The topological polar surface area (TPSA) is 80.0 Å². The fourth-order valence-corrected chi connectivity index (χ4v) is 1.77. The molecular formula is C15H10F2N4O2. The van der Waals surface area contributed by atoms with Gasteiger partial charge in [-0.1, -0.05) is 23.3 Å². The monoisotopic (exact) mass is 316 g/mol. The Morgan fingerprint density at radius 3 is 2.48 bits per heavy atom. The van der Waals surface area contributed by atoms with Crippen molar-refractivity contribution >= 4 is 23.3 Å². The van der Waals surface area contributed by atoms with E-state index < -0.39 is 17.5 Å². The van der Waals surface area contributed by atoms with Gasteiger partial charge in [-0.3, -0.25) is 4.79 Å². The van der Waals surface area contributed by atoms with E-state index in [0.29, 0.717) is 5.69 Å². The van der Waals surface area contributed by atoms with Crippen LogP contribution < -0.4 is 10.6 Å². The van der Waals surface area contributed by atoms with Crippen LogP contribution in [0.15, 0.2) is 52.9 Å². The maximum Gasteiger partial charge on any atom is 0.320 e. The third kappa shape index (κ3) is 3.49. The van der Waals surface area contributed by atoms with E-state index in [2.05, 4.69) is 20.8 Å². The summed E-state index contributed by atoms with van der Waals surface area (Å²) in [4.78, 5) is 11.9.